The summed E-state index contributed by atoms with van der Waals surface area (Å²) in [6.07, 6.45) is 0. The zero-order valence-electron chi connectivity index (χ0n) is 10.8. The Balaban J connectivity index is 3.23. The molecule has 98 valence electrons. The van der Waals surface area contributed by atoms with Gasteiger partial charge < -0.3 is 10.3 Å². The molecule has 0 aromatic heterocycles. The second kappa shape index (κ2) is 6.42. The summed E-state index contributed by atoms with van der Waals surface area (Å²) in [5.74, 6) is -1.65. The van der Waals surface area contributed by atoms with Gasteiger partial charge in [-0.25, -0.2) is 4.79 Å². The Kier molecular flexibility index (Phi) is 4.92. The Morgan fingerprint density at radius 2 is 1.89 bits per heavy atom. The fourth-order valence-corrected chi connectivity index (χ4v) is 1.56. The van der Waals surface area contributed by atoms with Crippen molar-refractivity contribution in [2.45, 2.75) is 13.8 Å². The molecule has 0 heterocycles. The summed E-state index contributed by atoms with van der Waals surface area (Å²) >= 11 is 0. The van der Waals surface area contributed by atoms with Crippen LogP contribution in [0.1, 0.15) is 29.8 Å². The van der Waals surface area contributed by atoms with Crippen molar-refractivity contribution in [1.29, 1.82) is 0 Å². The summed E-state index contributed by atoms with van der Waals surface area (Å²) in [6.45, 7) is 7.19. The third-order valence-electron chi connectivity index (χ3n) is 2.42. The summed E-state index contributed by atoms with van der Waals surface area (Å²) in [6, 6.07) is 6.65. The first-order valence-electron chi connectivity index (χ1n) is 5.71. The number of hydrogen-bond acceptors (Lipinski definition) is 3. The molecule has 0 unspecified atom stereocenters. The molecule has 1 aromatic rings. The van der Waals surface area contributed by atoms with E-state index < -0.39 is 17.5 Å². The summed E-state index contributed by atoms with van der Waals surface area (Å²) in [4.78, 5) is 26.4. The van der Waals surface area contributed by atoms with E-state index in [-0.39, 0.29) is 12.2 Å². The lowest BCUT2D eigenvalue weighted by atomic mass is 9.97. The third kappa shape index (κ3) is 3.24. The number of ether oxygens (including phenoxy) is 1. The SMILES string of the molecule is C=C(C)c1ccccc1C(=O)C(=[N+]=[N-])C(=O)OCC. The topological polar surface area (TPSA) is 79.8 Å². The molecule has 19 heavy (non-hydrogen) atoms. The van der Waals surface area contributed by atoms with Crippen LogP contribution in [0.25, 0.3) is 11.1 Å². The molecule has 0 spiro atoms. The van der Waals surface area contributed by atoms with Crippen molar-refractivity contribution in [3.63, 3.8) is 0 Å². The lowest BCUT2D eigenvalue weighted by Crippen LogP contribution is -2.28. The van der Waals surface area contributed by atoms with Gasteiger partial charge in [-0.05, 0) is 19.4 Å². The number of esters is 1. The fraction of sp³-hybridized carbons (Fsp3) is 0.214. The Morgan fingerprint density at radius 3 is 2.37 bits per heavy atom. The highest BCUT2D eigenvalue weighted by molar-refractivity contribution is 6.65. The Hall–Kier alpha value is -2.52. The molecule has 1 rings (SSSR count). The molecule has 5 heteroatoms. The number of ketones is 1. The minimum atomic E-state index is -0.952. The number of hydrogen-bond donors (Lipinski definition) is 0. The Labute approximate surface area is 111 Å². The molecule has 0 aliphatic carbocycles. The van der Waals surface area contributed by atoms with E-state index in [1.807, 2.05) is 0 Å². The van der Waals surface area contributed by atoms with E-state index in [1.54, 1.807) is 32.0 Å². The highest BCUT2D eigenvalue weighted by Crippen LogP contribution is 2.18. The van der Waals surface area contributed by atoms with E-state index in [0.717, 1.165) is 0 Å². The molecular formula is C14H14N2O3. The van der Waals surface area contributed by atoms with Gasteiger partial charge in [0.05, 0.1) is 6.61 Å². The van der Waals surface area contributed by atoms with Gasteiger partial charge >= 0.3 is 11.7 Å². The molecule has 0 saturated heterocycles. The van der Waals surface area contributed by atoms with Crippen LogP contribution < -0.4 is 0 Å². The van der Waals surface area contributed by atoms with E-state index in [1.165, 1.54) is 6.07 Å². The first-order chi connectivity index (χ1) is 9.02. The molecule has 0 amide bonds. The van der Waals surface area contributed by atoms with Crippen molar-refractivity contribution in [2.24, 2.45) is 0 Å². The molecule has 5 nitrogen and oxygen atoms in total. The number of allylic oxidation sites excluding steroid dienone is 1. The van der Waals surface area contributed by atoms with Gasteiger partial charge in [-0.3, -0.25) is 4.79 Å². The van der Waals surface area contributed by atoms with Crippen LogP contribution in [-0.4, -0.2) is 28.9 Å². The molecule has 0 N–H and O–H groups in total. The molecule has 0 bridgehead atoms. The fourth-order valence-electron chi connectivity index (χ4n) is 1.56. The number of carbonyl (C=O) groups is 2. The van der Waals surface area contributed by atoms with E-state index in [4.69, 9.17) is 5.53 Å². The van der Waals surface area contributed by atoms with E-state index in [9.17, 15) is 9.59 Å². The largest absolute Gasteiger partial charge is 0.457 e. The van der Waals surface area contributed by atoms with Crippen LogP contribution in [-0.2, 0) is 9.53 Å². The molecular weight excluding hydrogens is 244 g/mol. The van der Waals surface area contributed by atoms with Crippen molar-refractivity contribution in [3.8, 4) is 0 Å². The lowest BCUT2D eigenvalue weighted by Gasteiger charge is -2.05. The van der Waals surface area contributed by atoms with Gasteiger partial charge in [0, 0.05) is 5.56 Å². The number of nitrogens with zero attached hydrogens (tertiary/aromatic N) is 2. The predicted octanol–water partition coefficient (Wildman–Crippen LogP) is 2.14. The zero-order valence-corrected chi connectivity index (χ0v) is 10.8. The first-order valence-corrected chi connectivity index (χ1v) is 5.71. The van der Waals surface area contributed by atoms with Crippen LogP contribution in [0.15, 0.2) is 30.8 Å². The average molecular weight is 258 g/mol. The van der Waals surface area contributed by atoms with Gasteiger partial charge in [-0.1, -0.05) is 36.4 Å². The molecule has 0 aliphatic heterocycles. The first kappa shape index (κ1) is 14.5. The van der Waals surface area contributed by atoms with E-state index >= 15 is 0 Å². The van der Waals surface area contributed by atoms with E-state index in [2.05, 4.69) is 16.1 Å². The van der Waals surface area contributed by atoms with Crippen LogP contribution in [0.3, 0.4) is 0 Å². The number of benzene rings is 1. The van der Waals surface area contributed by atoms with Crippen molar-refractivity contribution < 1.29 is 19.1 Å². The highest BCUT2D eigenvalue weighted by Gasteiger charge is 2.33. The van der Waals surface area contributed by atoms with Crippen molar-refractivity contribution in [3.05, 3.63) is 47.5 Å². The third-order valence-corrected chi connectivity index (χ3v) is 2.42. The standard InChI is InChI=1S/C14H14N2O3/c1-4-19-14(18)12(16-15)13(17)11-8-6-5-7-10(11)9(2)3/h5-8H,2,4H2,1,3H3. The number of Topliss-reactive ketones (excluding diaryl/α,β-unsaturated/α-hetero) is 1. The van der Waals surface area contributed by atoms with E-state index in [0.29, 0.717) is 11.1 Å². The smallest absolute Gasteiger partial charge is 0.446 e. The van der Waals surface area contributed by atoms with Gasteiger partial charge in [0.15, 0.2) is 0 Å². The zero-order chi connectivity index (χ0) is 14.4. The lowest BCUT2D eigenvalue weighted by molar-refractivity contribution is -0.139. The molecule has 0 saturated carbocycles. The second-order valence-corrected chi connectivity index (χ2v) is 3.82. The van der Waals surface area contributed by atoms with Crippen molar-refractivity contribution in [1.82, 2.24) is 0 Å². The number of carbonyl (C=O) groups excluding carboxylic acids is 2. The van der Waals surface area contributed by atoms with Crippen LogP contribution in [0.5, 0.6) is 0 Å². The Morgan fingerprint density at radius 1 is 1.32 bits per heavy atom. The van der Waals surface area contributed by atoms with Gasteiger partial charge in [-0.2, -0.15) is 4.79 Å². The summed E-state index contributed by atoms with van der Waals surface area (Å²) in [5, 5.41) is 0. The quantitative estimate of drug-likeness (QED) is 0.203. The van der Waals surface area contributed by atoms with Gasteiger partial charge in [0.2, 0.25) is 0 Å². The molecule has 0 fully saturated rings. The Bertz CT molecular complexity index is 584. The van der Waals surface area contributed by atoms with Crippen LogP contribution in [0, 0.1) is 0 Å². The second-order valence-electron chi connectivity index (χ2n) is 3.82. The van der Waals surface area contributed by atoms with Crippen LogP contribution in [0.4, 0.5) is 0 Å². The predicted molar refractivity (Wildman–Crippen MR) is 70.7 cm³/mol. The van der Waals surface area contributed by atoms with Gasteiger partial charge in [-0.15, -0.1) is 0 Å². The summed E-state index contributed by atoms with van der Waals surface area (Å²) < 4.78 is 4.66. The minimum absolute atomic E-state index is 0.0905. The molecule has 0 aliphatic rings. The molecule has 0 atom stereocenters. The van der Waals surface area contributed by atoms with Crippen LogP contribution >= 0.6 is 0 Å². The van der Waals surface area contributed by atoms with Gasteiger partial charge in [0.25, 0.3) is 5.78 Å². The summed E-state index contributed by atoms with van der Waals surface area (Å²) in [5.41, 5.74) is 9.70. The monoisotopic (exact) mass is 258 g/mol. The van der Waals surface area contributed by atoms with Crippen molar-refractivity contribution >= 4 is 23.0 Å². The highest BCUT2D eigenvalue weighted by atomic mass is 16.5. The number of rotatable bonds is 5. The van der Waals surface area contributed by atoms with Crippen LogP contribution in [0.2, 0.25) is 0 Å². The van der Waals surface area contributed by atoms with Crippen molar-refractivity contribution in [2.75, 3.05) is 6.61 Å². The van der Waals surface area contributed by atoms with Gasteiger partial charge in [0.1, 0.15) is 0 Å². The maximum absolute atomic E-state index is 12.2. The average Bonchev–Trinajstić information content (AvgIpc) is 2.39. The molecule has 0 radical (unpaired) electrons. The minimum Gasteiger partial charge on any atom is -0.457 e. The normalized spacial score (nSPS) is 9.37. The summed E-state index contributed by atoms with van der Waals surface area (Å²) in [7, 11) is 0. The maximum atomic E-state index is 12.2. The molecule has 1 aromatic carbocycles. The maximum Gasteiger partial charge on any atom is 0.446 e.